The number of carboxylic acids is 1. The molecule has 0 radical (unpaired) electrons. The Hall–Kier alpha value is -3.16. The third kappa shape index (κ3) is 4.90. The molecule has 0 spiro atoms. The maximum atomic E-state index is 12.3. The highest BCUT2D eigenvalue weighted by atomic mass is 19.3. The summed E-state index contributed by atoms with van der Waals surface area (Å²) in [4.78, 5) is 10.8. The predicted molar refractivity (Wildman–Crippen MR) is 88.9 cm³/mol. The molecule has 0 aliphatic heterocycles. The third-order valence-electron chi connectivity index (χ3n) is 3.28. The van der Waals surface area contributed by atoms with Gasteiger partial charge in [0, 0.05) is 5.56 Å². The molecule has 8 heteroatoms. The Labute approximate surface area is 142 Å². The molecule has 0 aromatic heterocycles. The number of hydrogen-bond donors (Lipinski definition) is 2. The van der Waals surface area contributed by atoms with Crippen LogP contribution in [0.3, 0.4) is 0 Å². The van der Waals surface area contributed by atoms with E-state index in [9.17, 15) is 13.6 Å². The molecule has 0 saturated carbocycles. The molecule has 2 rings (SSSR count). The Morgan fingerprint density at radius 3 is 2.32 bits per heavy atom. The van der Waals surface area contributed by atoms with Crippen molar-refractivity contribution >= 4 is 17.4 Å². The summed E-state index contributed by atoms with van der Waals surface area (Å²) in [6.07, 6.45) is 0. The van der Waals surface area contributed by atoms with E-state index in [-0.39, 0.29) is 17.1 Å². The minimum Gasteiger partial charge on any atom is -0.493 e. The minimum absolute atomic E-state index is 0.0636. The van der Waals surface area contributed by atoms with E-state index in [0.717, 1.165) is 0 Å². The molecule has 6 nitrogen and oxygen atoms in total. The van der Waals surface area contributed by atoms with Crippen LogP contribution in [0, 0.1) is 0 Å². The highest BCUT2D eigenvalue weighted by Gasteiger charge is 2.12. The van der Waals surface area contributed by atoms with Gasteiger partial charge in [0.25, 0.3) is 0 Å². The zero-order valence-electron chi connectivity index (χ0n) is 13.5. The van der Waals surface area contributed by atoms with Gasteiger partial charge in [0.05, 0.1) is 24.1 Å². The lowest BCUT2D eigenvalue weighted by Gasteiger charge is -2.11. The van der Waals surface area contributed by atoms with E-state index in [0.29, 0.717) is 17.0 Å². The number of nitrogens with one attached hydrogen (secondary N) is 1. The normalized spacial score (nSPS) is 11.3. The lowest BCUT2D eigenvalue weighted by atomic mass is 10.1. The first-order valence-corrected chi connectivity index (χ1v) is 7.17. The van der Waals surface area contributed by atoms with Gasteiger partial charge in [-0.05, 0) is 49.4 Å². The molecule has 2 aromatic rings. The van der Waals surface area contributed by atoms with E-state index in [1.165, 1.54) is 31.4 Å². The van der Waals surface area contributed by atoms with E-state index in [1.54, 1.807) is 25.1 Å². The summed E-state index contributed by atoms with van der Waals surface area (Å²) in [5, 5.41) is 13.0. The van der Waals surface area contributed by atoms with Gasteiger partial charge in [0.1, 0.15) is 0 Å². The average Bonchev–Trinajstić information content (AvgIpc) is 2.59. The number of alkyl halides is 2. The van der Waals surface area contributed by atoms with Crippen molar-refractivity contribution in [2.24, 2.45) is 5.10 Å². The van der Waals surface area contributed by atoms with Gasteiger partial charge in [-0.25, -0.2) is 4.79 Å². The molecule has 0 fully saturated rings. The Kier molecular flexibility index (Phi) is 5.89. The SMILES string of the molecule is COc1cc(/C(C)=N/Nc2ccc(C(=O)O)cc2)ccc1OC(F)F. The lowest BCUT2D eigenvalue weighted by Crippen LogP contribution is -2.05. The molecule has 132 valence electrons. The first-order valence-electron chi connectivity index (χ1n) is 7.17. The van der Waals surface area contributed by atoms with Gasteiger partial charge in [0.15, 0.2) is 11.5 Å². The van der Waals surface area contributed by atoms with Crippen molar-refractivity contribution < 1.29 is 28.2 Å². The Bertz CT molecular complexity index is 777. The first-order chi connectivity index (χ1) is 11.9. The fraction of sp³-hybridized carbons (Fsp3) is 0.176. The molecule has 0 heterocycles. The number of anilines is 1. The highest BCUT2D eigenvalue weighted by Crippen LogP contribution is 2.29. The molecule has 0 atom stereocenters. The summed E-state index contributed by atoms with van der Waals surface area (Å²) in [7, 11) is 1.35. The summed E-state index contributed by atoms with van der Waals surface area (Å²) in [6, 6.07) is 10.6. The Morgan fingerprint density at radius 2 is 1.76 bits per heavy atom. The van der Waals surface area contributed by atoms with Crippen LogP contribution < -0.4 is 14.9 Å². The number of halogens is 2. The van der Waals surface area contributed by atoms with Gasteiger partial charge in [0.2, 0.25) is 0 Å². The van der Waals surface area contributed by atoms with Crippen molar-refractivity contribution in [2.45, 2.75) is 13.5 Å². The lowest BCUT2D eigenvalue weighted by molar-refractivity contribution is -0.0512. The quantitative estimate of drug-likeness (QED) is 0.586. The van der Waals surface area contributed by atoms with Gasteiger partial charge >= 0.3 is 12.6 Å². The Morgan fingerprint density at radius 1 is 1.12 bits per heavy atom. The van der Waals surface area contributed by atoms with Gasteiger partial charge in [-0.15, -0.1) is 0 Å². The number of aromatic carboxylic acids is 1. The zero-order chi connectivity index (χ0) is 18.4. The molecule has 0 unspecified atom stereocenters. The standard InChI is InChI=1S/C17H16F2N2O4/c1-10(20-21-13-6-3-11(4-7-13)16(22)23)12-5-8-14(25-17(18)19)15(9-12)24-2/h3-9,17,21H,1-2H3,(H,22,23)/b20-10+. The summed E-state index contributed by atoms with van der Waals surface area (Å²) in [5.41, 5.74) is 4.79. The van der Waals surface area contributed by atoms with Crippen molar-refractivity contribution in [3.8, 4) is 11.5 Å². The number of hydrogen-bond acceptors (Lipinski definition) is 5. The second-order valence-electron chi connectivity index (χ2n) is 4.94. The van der Waals surface area contributed by atoms with E-state index in [4.69, 9.17) is 9.84 Å². The molecule has 0 aliphatic carbocycles. The summed E-state index contributed by atoms with van der Waals surface area (Å²) in [6.45, 7) is -1.22. The van der Waals surface area contributed by atoms with Gasteiger partial charge in [-0.2, -0.15) is 13.9 Å². The Balaban J connectivity index is 2.14. The fourth-order valence-electron chi connectivity index (χ4n) is 1.99. The van der Waals surface area contributed by atoms with Gasteiger partial charge in [-0.1, -0.05) is 0 Å². The van der Waals surface area contributed by atoms with Gasteiger partial charge in [-0.3, -0.25) is 5.43 Å². The predicted octanol–water partition coefficient (Wildman–Crippen LogP) is 3.83. The number of hydrazone groups is 1. The van der Waals surface area contributed by atoms with Crippen LogP contribution >= 0.6 is 0 Å². The number of nitrogens with zero attached hydrogens (tertiary/aromatic N) is 1. The fourth-order valence-corrected chi connectivity index (χ4v) is 1.99. The van der Waals surface area contributed by atoms with Crippen molar-refractivity contribution in [1.82, 2.24) is 0 Å². The monoisotopic (exact) mass is 350 g/mol. The van der Waals surface area contributed by atoms with E-state index in [1.807, 2.05) is 0 Å². The summed E-state index contributed by atoms with van der Waals surface area (Å²) < 4.78 is 34.1. The minimum atomic E-state index is -2.94. The first kappa shape index (κ1) is 18.2. The largest absolute Gasteiger partial charge is 0.493 e. The molecule has 0 amide bonds. The van der Waals surface area contributed by atoms with Crippen molar-refractivity contribution in [1.29, 1.82) is 0 Å². The van der Waals surface area contributed by atoms with Crippen LogP contribution in [0.2, 0.25) is 0 Å². The van der Waals surface area contributed by atoms with E-state index >= 15 is 0 Å². The second kappa shape index (κ2) is 8.09. The molecular formula is C17H16F2N2O4. The van der Waals surface area contributed by atoms with E-state index < -0.39 is 12.6 Å². The number of carbonyl (C=O) groups is 1. The highest BCUT2D eigenvalue weighted by molar-refractivity contribution is 5.99. The summed E-state index contributed by atoms with van der Waals surface area (Å²) >= 11 is 0. The van der Waals surface area contributed by atoms with Crippen LogP contribution in [0.15, 0.2) is 47.6 Å². The molecule has 0 saturated heterocycles. The average molecular weight is 350 g/mol. The third-order valence-corrected chi connectivity index (χ3v) is 3.28. The molecule has 25 heavy (non-hydrogen) atoms. The summed E-state index contributed by atoms with van der Waals surface area (Å²) in [5.74, 6) is -0.908. The number of benzene rings is 2. The van der Waals surface area contributed by atoms with E-state index in [2.05, 4.69) is 15.3 Å². The maximum Gasteiger partial charge on any atom is 0.387 e. The van der Waals surface area contributed by atoms with Crippen LogP contribution in [0.1, 0.15) is 22.8 Å². The molecule has 0 aliphatic rings. The van der Waals surface area contributed by atoms with Crippen LogP contribution in [0.25, 0.3) is 0 Å². The molecular weight excluding hydrogens is 334 g/mol. The van der Waals surface area contributed by atoms with Gasteiger partial charge < -0.3 is 14.6 Å². The van der Waals surface area contributed by atoms with Crippen LogP contribution in [0.4, 0.5) is 14.5 Å². The second-order valence-corrected chi connectivity index (χ2v) is 4.94. The molecule has 2 aromatic carbocycles. The zero-order valence-corrected chi connectivity index (χ0v) is 13.5. The number of methoxy groups -OCH3 is 1. The van der Waals surface area contributed by atoms with Crippen molar-refractivity contribution in [2.75, 3.05) is 12.5 Å². The van der Waals surface area contributed by atoms with Crippen LogP contribution in [-0.2, 0) is 0 Å². The maximum absolute atomic E-state index is 12.3. The topological polar surface area (TPSA) is 80.2 Å². The van der Waals surface area contributed by atoms with Crippen LogP contribution in [0.5, 0.6) is 11.5 Å². The van der Waals surface area contributed by atoms with Crippen molar-refractivity contribution in [3.63, 3.8) is 0 Å². The number of rotatable bonds is 7. The smallest absolute Gasteiger partial charge is 0.387 e. The molecule has 2 N–H and O–H groups in total. The van der Waals surface area contributed by atoms with Crippen LogP contribution in [-0.4, -0.2) is 30.5 Å². The van der Waals surface area contributed by atoms with Crippen molar-refractivity contribution in [3.05, 3.63) is 53.6 Å². The number of ether oxygens (including phenoxy) is 2. The molecule has 0 bridgehead atoms. The number of carboxylic acid groups (broad SMARTS) is 1.